The van der Waals surface area contributed by atoms with Crippen molar-refractivity contribution < 1.29 is 23.2 Å². The van der Waals surface area contributed by atoms with Gasteiger partial charge in [0.25, 0.3) is 11.6 Å². The number of hydrogen-bond donors (Lipinski definition) is 1. The number of carbonyl (C=O) groups excluding carboxylic acids is 1. The van der Waals surface area contributed by atoms with Crippen molar-refractivity contribution >= 4 is 22.7 Å². The molecule has 0 spiro atoms. The molecule has 0 fully saturated rings. The Morgan fingerprint density at radius 1 is 1.03 bits per heavy atom. The Kier molecular flexibility index (Phi) is 5.05. The number of ether oxygens (including phenoxy) is 2. The molecular formula is C22H18FN3O4. The number of aromatic nitrogens is 2. The number of halogens is 1. The first kappa shape index (κ1) is 19.4. The largest absolute Gasteiger partial charge is 0.493 e. The van der Waals surface area contributed by atoms with E-state index < -0.39 is 0 Å². The van der Waals surface area contributed by atoms with Crippen LogP contribution >= 0.6 is 0 Å². The fourth-order valence-corrected chi connectivity index (χ4v) is 3.15. The second kappa shape index (κ2) is 7.82. The first-order valence-electron chi connectivity index (χ1n) is 9.06. The summed E-state index contributed by atoms with van der Waals surface area (Å²) in [5.41, 5.74) is 2.75. The molecule has 4 aromatic rings. The number of benzene rings is 2. The van der Waals surface area contributed by atoms with Crippen molar-refractivity contribution in [3.8, 4) is 22.8 Å². The molecule has 0 radical (unpaired) electrons. The number of aryl methyl sites for hydroxylation is 1. The number of rotatable bonds is 5. The summed E-state index contributed by atoms with van der Waals surface area (Å²) in [7, 11) is 3.06. The Labute approximate surface area is 171 Å². The Morgan fingerprint density at radius 3 is 2.47 bits per heavy atom. The van der Waals surface area contributed by atoms with Crippen molar-refractivity contribution in [3.05, 3.63) is 65.6 Å². The molecule has 0 saturated heterocycles. The highest BCUT2D eigenvalue weighted by Gasteiger charge is 2.20. The summed E-state index contributed by atoms with van der Waals surface area (Å²) in [6.07, 6.45) is 0. The SMILES string of the molecule is COc1ccc(NC(=O)c2cc(-c3ccc(F)cc3)nc3onc(C)c23)cc1OC. The number of pyridine rings is 1. The van der Waals surface area contributed by atoms with E-state index >= 15 is 0 Å². The third-order valence-corrected chi connectivity index (χ3v) is 4.64. The van der Waals surface area contributed by atoms with E-state index in [4.69, 9.17) is 14.0 Å². The summed E-state index contributed by atoms with van der Waals surface area (Å²) in [5.74, 6) is 0.310. The Bertz CT molecular complexity index is 1240. The van der Waals surface area contributed by atoms with Gasteiger partial charge in [-0.1, -0.05) is 5.16 Å². The molecule has 0 aliphatic carbocycles. The molecule has 30 heavy (non-hydrogen) atoms. The topological polar surface area (TPSA) is 86.5 Å². The Hall–Kier alpha value is -3.94. The van der Waals surface area contributed by atoms with Gasteiger partial charge in [0.05, 0.1) is 36.6 Å². The molecule has 0 saturated carbocycles. The van der Waals surface area contributed by atoms with Crippen LogP contribution in [0, 0.1) is 12.7 Å². The molecule has 152 valence electrons. The maximum absolute atomic E-state index is 13.3. The van der Waals surface area contributed by atoms with E-state index in [9.17, 15) is 9.18 Å². The van der Waals surface area contributed by atoms with Gasteiger partial charge in [-0.05, 0) is 49.4 Å². The maximum atomic E-state index is 13.3. The zero-order chi connectivity index (χ0) is 21.3. The predicted molar refractivity (Wildman–Crippen MR) is 109 cm³/mol. The third kappa shape index (κ3) is 3.55. The number of hydrogen-bond acceptors (Lipinski definition) is 6. The molecule has 0 aliphatic rings. The van der Waals surface area contributed by atoms with Gasteiger partial charge in [-0.2, -0.15) is 0 Å². The van der Waals surface area contributed by atoms with Gasteiger partial charge in [0.2, 0.25) is 0 Å². The van der Waals surface area contributed by atoms with Gasteiger partial charge in [0, 0.05) is 17.3 Å². The van der Waals surface area contributed by atoms with Crippen LogP contribution in [-0.2, 0) is 0 Å². The zero-order valence-corrected chi connectivity index (χ0v) is 16.5. The molecule has 4 rings (SSSR count). The Morgan fingerprint density at radius 2 is 1.77 bits per heavy atom. The number of methoxy groups -OCH3 is 2. The van der Waals surface area contributed by atoms with Gasteiger partial charge in [-0.25, -0.2) is 9.37 Å². The lowest BCUT2D eigenvalue weighted by Crippen LogP contribution is -2.13. The Balaban J connectivity index is 1.76. The van der Waals surface area contributed by atoms with Crippen molar-refractivity contribution in [3.63, 3.8) is 0 Å². The lowest BCUT2D eigenvalue weighted by molar-refractivity contribution is 0.102. The first-order valence-corrected chi connectivity index (χ1v) is 9.06. The third-order valence-electron chi connectivity index (χ3n) is 4.64. The number of nitrogens with zero attached hydrogens (tertiary/aromatic N) is 2. The van der Waals surface area contributed by atoms with E-state index in [1.165, 1.54) is 26.4 Å². The summed E-state index contributed by atoms with van der Waals surface area (Å²) in [6, 6.07) is 12.5. The molecule has 0 aliphatic heterocycles. The molecule has 7 nitrogen and oxygen atoms in total. The van der Waals surface area contributed by atoms with Crippen LogP contribution in [0.15, 0.2) is 53.1 Å². The standard InChI is InChI=1S/C22H18FN3O4/c1-12-20-16(21(27)24-15-8-9-18(28-2)19(10-15)29-3)11-17(25-22(20)30-26-12)13-4-6-14(23)7-5-13/h4-11H,1-3H3,(H,24,27). The highest BCUT2D eigenvalue weighted by molar-refractivity contribution is 6.13. The summed E-state index contributed by atoms with van der Waals surface area (Å²) < 4.78 is 29.1. The number of nitrogens with one attached hydrogen (secondary N) is 1. The fourth-order valence-electron chi connectivity index (χ4n) is 3.15. The highest BCUT2D eigenvalue weighted by Crippen LogP contribution is 2.31. The number of carbonyl (C=O) groups is 1. The summed E-state index contributed by atoms with van der Waals surface area (Å²) in [6.45, 7) is 1.73. The van der Waals surface area contributed by atoms with Crippen LogP contribution < -0.4 is 14.8 Å². The monoisotopic (exact) mass is 407 g/mol. The van der Waals surface area contributed by atoms with Crippen LogP contribution in [-0.4, -0.2) is 30.3 Å². The van der Waals surface area contributed by atoms with E-state index in [1.807, 2.05) is 0 Å². The van der Waals surface area contributed by atoms with E-state index in [0.29, 0.717) is 45.1 Å². The molecule has 0 unspecified atom stereocenters. The smallest absolute Gasteiger partial charge is 0.259 e. The molecular weight excluding hydrogens is 389 g/mol. The van der Waals surface area contributed by atoms with Crippen LogP contribution in [0.2, 0.25) is 0 Å². The van der Waals surface area contributed by atoms with E-state index in [-0.39, 0.29) is 17.4 Å². The van der Waals surface area contributed by atoms with Crippen molar-refractivity contribution in [2.45, 2.75) is 6.92 Å². The molecule has 0 atom stereocenters. The molecule has 2 aromatic carbocycles. The summed E-state index contributed by atoms with van der Waals surface area (Å²) in [4.78, 5) is 17.6. The van der Waals surface area contributed by atoms with Crippen LogP contribution in [0.4, 0.5) is 10.1 Å². The van der Waals surface area contributed by atoms with Crippen molar-refractivity contribution in [2.75, 3.05) is 19.5 Å². The fraction of sp³-hybridized carbons (Fsp3) is 0.136. The lowest BCUT2D eigenvalue weighted by atomic mass is 10.0. The first-order chi connectivity index (χ1) is 14.5. The molecule has 0 bridgehead atoms. The minimum atomic E-state index is -0.371. The van der Waals surface area contributed by atoms with E-state index in [0.717, 1.165) is 0 Å². The molecule has 1 N–H and O–H groups in total. The maximum Gasteiger partial charge on any atom is 0.259 e. The number of amides is 1. The van der Waals surface area contributed by atoms with Gasteiger partial charge in [0.1, 0.15) is 5.82 Å². The molecule has 2 aromatic heterocycles. The summed E-state index contributed by atoms with van der Waals surface area (Å²) >= 11 is 0. The van der Waals surface area contributed by atoms with Crippen molar-refractivity contribution in [1.82, 2.24) is 10.1 Å². The van der Waals surface area contributed by atoms with Crippen LogP contribution in [0.25, 0.3) is 22.4 Å². The minimum Gasteiger partial charge on any atom is -0.493 e. The quantitative estimate of drug-likeness (QED) is 0.520. The number of anilines is 1. The molecule has 1 amide bonds. The minimum absolute atomic E-state index is 0.229. The van der Waals surface area contributed by atoms with Gasteiger partial charge < -0.3 is 19.3 Å². The highest BCUT2D eigenvalue weighted by atomic mass is 19.1. The predicted octanol–water partition coefficient (Wildman–Crippen LogP) is 4.61. The van der Waals surface area contributed by atoms with Crippen molar-refractivity contribution in [2.24, 2.45) is 0 Å². The summed E-state index contributed by atoms with van der Waals surface area (Å²) in [5, 5.41) is 7.29. The average molecular weight is 407 g/mol. The van der Waals surface area contributed by atoms with E-state index in [1.54, 1.807) is 43.3 Å². The second-order valence-electron chi connectivity index (χ2n) is 6.53. The van der Waals surface area contributed by atoms with Gasteiger partial charge in [0.15, 0.2) is 11.5 Å². The van der Waals surface area contributed by atoms with E-state index in [2.05, 4.69) is 15.5 Å². The molecule has 8 heteroatoms. The second-order valence-corrected chi connectivity index (χ2v) is 6.53. The van der Waals surface area contributed by atoms with Crippen LogP contribution in [0.5, 0.6) is 11.5 Å². The number of fused-ring (bicyclic) bond motifs is 1. The van der Waals surface area contributed by atoms with Gasteiger partial charge in [-0.3, -0.25) is 4.79 Å². The lowest BCUT2D eigenvalue weighted by Gasteiger charge is -2.11. The van der Waals surface area contributed by atoms with Crippen LogP contribution in [0.1, 0.15) is 16.1 Å². The zero-order valence-electron chi connectivity index (χ0n) is 16.5. The van der Waals surface area contributed by atoms with Crippen LogP contribution in [0.3, 0.4) is 0 Å². The van der Waals surface area contributed by atoms with Gasteiger partial charge in [-0.15, -0.1) is 0 Å². The average Bonchev–Trinajstić information content (AvgIpc) is 3.14. The molecule has 2 heterocycles. The normalized spacial score (nSPS) is 10.8. The van der Waals surface area contributed by atoms with Gasteiger partial charge >= 0.3 is 0 Å². The van der Waals surface area contributed by atoms with Crippen molar-refractivity contribution in [1.29, 1.82) is 0 Å².